The fourth-order valence-corrected chi connectivity index (χ4v) is 3.97. The fraction of sp³-hybridized carbons (Fsp3) is 0.133. The Balaban J connectivity index is 1.30. The normalized spacial score (nSPS) is 10.7. The summed E-state index contributed by atoms with van der Waals surface area (Å²) in [5.41, 5.74) is 9.10. The molecule has 4 aromatic rings. The lowest BCUT2D eigenvalue weighted by Crippen LogP contribution is -2.16. The number of hydrogen-bond donors (Lipinski definition) is 4. The van der Waals surface area contributed by atoms with Crippen LogP contribution >= 0.6 is 0 Å². The van der Waals surface area contributed by atoms with E-state index < -0.39 is 11.9 Å². The molecule has 8 heteroatoms. The van der Waals surface area contributed by atoms with Gasteiger partial charge in [0, 0.05) is 5.69 Å². The number of anilines is 2. The highest BCUT2D eigenvalue weighted by Crippen LogP contribution is 2.19. The topological polar surface area (TPSA) is 117 Å². The van der Waals surface area contributed by atoms with Crippen molar-refractivity contribution in [1.82, 2.24) is 0 Å². The maximum absolute atomic E-state index is 12.7. The van der Waals surface area contributed by atoms with Gasteiger partial charge in [-0.05, 0) is 72.0 Å². The van der Waals surface area contributed by atoms with E-state index in [1.807, 2.05) is 60.7 Å². The molecule has 8 nitrogen and oxygen atoms in total. The number of carboxylic acids is 1. The summed E-state index contributed by atoms with van der Waals surface area (Å²) < 4.78 is 0. The zero-order valence-electron chi connectivity index (χ0n) is 20.8. The molecule has 0 aliphatic rings. The molecule has 4 aromatic carbocycles. The van der Waals surface area contributed by atoms with Crippen LogP contribution in [0.4, 0.5) is 11.4 Å². The van der Waals surface area contributed by atoms with Crippen LogP contribution < -0.4 is 10.8 Å². The van der Waals surface area contributed by atoms with Gasteiger partial charge in [-0.1, -0.05) is 60.2 Å². The van der Waals surface area contributed by atoms with Crippen LogP contribution in [0.25, 0.3) is 0 Å². The van der Waals surface area contributed by atoms with Crippen molar-refractivity contribution < 1.29 is 29.7 Å². The van der Waals surface area contributed by atoms with E-state index in [0.717, 1.165) is 33.5 Å². The minimum atomic E-state index is -1.14. The van der Waals surface area contributed by atoms with Crippen molar-refractivity contribution in [3.8, 4) is 0 Å². The maximum Gasteiger partial charge on any atom is 0.336 e. The second-order valence-corrected chi connectivity index (χ2v) is 8.81. The molecule has 0 spiro atoms. The summed E-state index contributed by atoms with van der Waals surface area (Å²) in [6.07, 6.45) is 0.699. The van der Waals surface area contributed by atoms with Gasteiger partial charge in [-0.2, -0.15) is 0 Å². The molecule has 0 bridgehead atoms. The minimum absolute atomic E-state index is 0.0245. The summed E-state index contributed by atoms with van der Waals surface area (Å²) in [4.78, 5) is 34.0. The van der Waals surface area contributed by atoms with Crippen molar-refractivity contribution in [2.45, 2.75) is 26.6 Å². The molecule has 1 amide bonds. The molecule has 4 N–H and O–H groups in total. The van der Waals surface area contributed by atoms with E-state index in [1.165, 1.54) is 12.1 Å². The number of carbonyl (C=O) groups excluding carboxylic acids is 1. The molecule has 0 radical (unpaired) electrons. The number of hydrogen-bond acceptors (Lipinski definition) is 6. The van der Waals surface area contributed by atoms with E-state index >= 15 is 0 Å². The second kappa shape index (κ2) is 12.6. The predicted octanol–water partition coefficient (Wildman–Crippen LogP) is 6.07. The molecular formula is C30H28N2O6. The number of carboxylic acid groups (broad SMARTS) is 1. The number of rotatable bonds is 11. The van der Waals surface area contributed by atoms with E-state index in [0.29, 0.717) is 18.7 Å². The zero-order valence-corrected chi connectivity index (χ0v) is 20.8. The van der Waals surface area contributed by atoms with Crippen LogP contribution in [0.3, 0.4) is 0 Å². The monoisotopic (exact) mass is 512 g/mol. The van der Waals surface area contributed by atoms with Crippen LogP contribution in [0, 0.1) is 6.92 Å². The first-order chi connectivity index (χ1) is 18.4. The minimum Gasteiger partial charge on any atom is -0.478 e. The van der Waals surface area contributed by atoms with E-state index in [1.54, 1.807) is 25.1 Å². The summed E-state index contributed by atoms with van der Waals surface area (Å²) in [5.74, 6) is -1.61. The Kier molecular flexibility index (Phi) is 8.84. The first-order valence-corrected chi connectivity index (χ1v) is 12.0. The molecule has 38 heavy (non-hydrogen) atoms. The van der Waals surface area contributed by atoms with E-state index in [2.05, 4.69) is 15.7 Å². The number of carbonyl (C=O) groups is 2. The Labute approximate surface area is 220 Å². The number of benzene rings is 4. The molecule has 0 saturated carbocycles. The summed E-state index contributed by atoms with van der Waals surface area (Å²) in [5, 5.41) is 20.9. The van der Waals surface area contributed by atoms with Gasteiger partial charge in [-0.3, -0.25) is 20.4 Å². The number of amides is 1. The number of nitrogens with one attached hydrogen (secondary N) is 2. The van der Waals surface area contributed by atoms with Crippen LogP contribution in [0.5, 0.6) is 0 Å². The van der Waals surface area contributed by atoms with Gasteiger partial charge in [0.2, 0.25) is 0 Å². The molecule has 4 rings (SSSR count). The van der Waals surface area contributed by atoms with Gasteiger partial charge < -0.3 is 10.4 Å². The van der Waals surface area contributed by atoms with Crippen LogP contribution in [-0.2, 0) is 29.4 Å². The van der Waals surface area contributed by atoms with Crippen LogP contribution in [-0.4, -0.2) is 22.2 Å². The molecule has 0 unspecified atom stereocenters. The third kappa shape index (κ3) is 7.04. The average molecular weight is 513 g/mol. The number of aromatic carboxylic acids is 1. The largest absolute Gasteiger partial charge is 0.478 e. The van der Waals surface area contributed by atoms with Gasteiger partial charge in [0.25, 0.3) is 5.91 Å². The zero-order chi connectivity index (χ0) is 26.9. The first-order valence-electron chi connectivity index (χ1n) is 12.0. The molecule has 0 atom stereocenters. The third-order valence-electron chi connectivity index (χ3n) is 5.98. The smallest absolute Gasteiger partial charge is 0.336 e. The summed E-state index contributed by atoms with van der Waals surface area (Å²) in [7, 11) is 0. The molecule has 0 aromatic heterocycles. The molecule has 194 valence electrons. The fourth-order valence-electron chi connectivity index (χ4n) is 3.97. The Bertz CT molecular complexity index is 1400. The Morgan fingerprint density at radius 1 is 0.763 bits per heavy atom. The summed E-state index contributed by atoms with van der Waals surface area (Å²) in [6.45, 7) is 2.19. The van der Waals surface area contributed by atoms with Gasteiger partial charge in [-0.15, -0.1) is 0 Å². The quantitative estimate of drug-likeness (QED) is 0.142. The van der Waals surface area contributed by atoms with Gasteiger partial charge >= 0.3 is 5.97 Å². The third-order valence-corrected chi connectivity index (χ3v) is 5.98. The average Bonchev–Trinajstić information content (AvgIpc) is 2.92. The van der Waals surface area contributed by atoms with Crippen molar-refractivity contribution in [1.29, 1.82) is 0 Å². The van der Waals surface area contributed by atoms with Crippen LogP contribution in [0.1, 0.15) is 48.5 Å². The van der Waals surface area contributed by atoms with Gasteiger partial charge in [0.15, 0.2) is 0 Å². The second-order valence-electron chi connectivity index (χ2n) is 8.81. The highest BCUT2D eigenvalue weighted by atomic mass is 17.1. The lowest BCUT2D eigenvalue weighted by molar-refractivity contribution is -0.253. The maximum atomic E-state index is 12.7. The van der Waals surface area contributed by atoms with E-state index in [-0.39, 0.29) is 17.7 Å². The van der Waals surface area contributed by atoms with Crippen molar-refractivity contribution in [3.63, 3.8) is 0 Å². The van der Waals surface area contributed by atoms with Crippen molar-refractivity contribution in [3.05, 3.63) is 130 Å². The van der Waals surface area contributed by atoms with Crippen molar-refractivity contribution in [2.75, 3.05) is 10.8 Å². The standard InChI is InChI=1S/C30H28N2O6/c1-20-6-15-27(28(16-20)30(34)35)29(33)31-25-11-7-21(8-12-25)17-22-9-13-26(14-10-22)32-37-18-23-4-2-3-5-24(23)19-38-36/h2-16,32,36H,17-19H2,1H3,(H,31,33)(H,34,35). The van der Waals surface area contributed by atoms with Gasteiger partial charge in [-0.25, -0.2) is 9.68 Å². The molecule has 0 fully saturated rings. The Hall–Kier alpha value is -4.50. The van der Waals surface area contributed by atoms with Crippen molar-refractivity contribution >= 4 is 23.3 Å². The Morgan fingerprint density at radius 3 is 1.97 bits per heavy atom. The molecular weight excluding hydrogens is 484 g/mol. The molecule has 0 saturated heterocycles. The van der Waals surface area contributed by atoms with Crippen LogP contribution in [0.2, 0.25) is 0 Å². The lowest BCUT2D eigenvalue weighted by Gasteiger charge is -2.11. The Morgan fingerprint density at radius 2 is 1.37 bits per heavy atom. The van der Waals surface area contributed by atoms with E-state index in [4.69, 9.17) is 10.1 Å². The summed E-state index contributed by atoms with van der Waals surface area (Å²) in [6, 6.07) is 27.6. The SMILES string of the molecule is Cc1ccc(C(=O)Nc2ccc(Cc3ccc(NOCc4ccccc4COO)cc3)cc2)c(C(=O)O)c1. The highest BCUT2D eigenvalue weighted by Gasteiger charge is 2.16. The number of aryl methyl sites for hydroxylation is 1. The van der Waals surface area contributed by atoms with Crippen molar-refractivity contribution in [2.24, 2.45) is 0 Å². The predicted molar refractivity (Wildman–Crippen MR) is 144 cm³/mol. The van der Waals surface area contributed by atoms with Crippen LogP contribution in [0.15, 0.2) is 91.0 Å². The highest BCUT2D eigenvalue weighted by molar-refractivity contribution is 6.10. The molecule has 0 aliphatic heterocycles. The summed E-state index contributed by atoms with van der Waals surface area (Å²) >= 11 is 0. The van der Waals surface area contributed by atoms with Gasteiger partial charge in [0.1, 0.15) is 6.61 Å². The van der Waals surface area contributed by atoms with E-state index in [9.17, 15) is 14.7 Å². The molecule has 0 aliphatic carbocycles. The van der Waals surface area contributed by atoms with Gasteiger partial charge in [0.05, 0.1) is 23.4 Å². The lowest BCUT2D eigenvalue weighted by atomic mass is 10.0. The molecule has 0 heterocycles. The first kappa shape index (κ1) is 26.6.